The molecule has 1 unspecified atom stereocenters. The highest BCUT2D eigenvalue weighted by Crippen LogP contribution is 2.68. The Hall–Kier alpha value is -2.15. The van der Waals surface area contributed by atoms with Gasteiger partial charge in [0, 0.05) is 36.3 Å². The zero-order valence-corrected chi connectivity index (χ0v) is 21.1. The smallest absolute Gasteiger partial charge is 0.369 e. The van der Waals surface area contributed by atoms with Gasteiger partial charge >= 0.3 is 12.1 Å². The normalized spacial score (nSPS) is 42.2. The van der Waals surface area contributed by atoms with Gasteiger partial charge in [-0.05, 0) is 79.9 Å². The van der Waals surface area contributed by atoms with Crippen molar-refractivity contribution in [2.45, 2.75) is 83.9 Å². The molecule has 0 bridgehead atoms. The van der Waals surface area contributed by atoms with Gasteiger partial charge in [-0.15, -0.1) is 0 Å². The predicted octanol–water partition coefficient (Wildman–Crippen LogP) is 6.33. The Bertz CT molecular complexity index is 1140. The molecular formula is C29H36F3N2O2+. The van der Waals surface area contributed by atoms with Crippen molar-refractivity contribution in [3.05, 3.63) is 41.6 Å². The van der Waals surface area contributed by atoms with Gasteiger partial charge in [0.15, 0.2) is 0 Å². The number of benzene rings is 1. The fourth-order valence-corrected chi connectivity index (χ4v) is 9.32. The quantitative estimate of drug-likeness (QED) is 0.492. The Morgan fingerprint density at radius 2 is 1.69 bits per heavy atom. The van der Waals surface area contributed by atoms with Crippen LogP contribution in [0.15, 0.2) is 36.0 Å². The number of nitrogens with two attached hydrogens (primary N) is 1. The number of carbonyl (C=O) groups is 2. The van der Waals surface area contributed by atoms with Crippen LogP contribution >= 0.6 is 0 Å². The third-order valence-corrected chi connectivity index (χ3v) is 11.1. The number of piperidine rings is 1. The van der Waals surface area contributed by atoms with Crippen molar-refractivity contribution in [2.24, 2.45) is 40.2 Å². The molecule has 1 aromatic carbocycles. The largest absolute Gasteiger partial charge is 0.416 e. The molecule has 1 saturated heterocycles. The van der Waals surface area contributed by atoms with E-state index in [0.29, 0.717) is 29.9 Å². The van der Waals surface area contributed by atoms with E-state index in [-0.39, 0.29) is 39.1 Å². The maximum atomic E-state index is 13.8. The Morgan fingerprint density at radius 1 is 1.00 bits per heavy atom. The number of nitrogens with zero attached hydrogens (tertiary/aromatic N) is 1. The molecule has 4 aliphatic carbocycles. The number of rotatable bonds is 3. The molecule has 0 spiro atoms. The van der Waals surface area contributed by atoms with Crippen LogP contribution in [0.3, 0.4) is 0 Å². The highest BCUT2D eigenvalue weighted by molar-refractivity contribution is 5.94. The summed E-state index contributed by atoms with van der Waals surface area (Å²) in [5.41, 5.74) is 6.70. The van der Waals surface area contributed by atoms with Gasteiger partial charge in [0.05, 0.1) is 12.0 Å². The molecule has 1 aliphatic heterocycles. The van der Waals surface area contributed by atoms with E-state index in [1.54, 1.807) is 12.1 Å². The summed E-state index contributed by atoms with van der Waals surface area (Å²) < 4.78 is 40.1. The minimum absolute atomic E-state index is 0.0605. The molecule has 5 aliphatic rings. The van der Waals surface area contributed by atoms with E-state index in [0.717, 1.165) is 69.2 Å². The molecule has 2 amide bonds. The van der Waals surface area contributed by atoms with Gasteiger partial charge in [-0.2, -0.15) is 17.7 Å². The van der Waals surface area contributed by atoms with Crippen LogP contribution in [-0.4, -0.2) is 17.9 Å². The first-order chi connectivity index (χ1) is 16.9. The molecule has 0 aromatic heterocycles. The molecule has 7 heteroatoms. The monoisotopic (exact) mass is 501 g/mol. The van der Waals surface area contributed by atoms with Gasteiger partial charge in [0.2, 0.25) is 5.91 Å². The molecule has 3 saturated carbocycles. The lowest BCUT2D eigenvalue weighted by atomic mass is 9.48. The number of fused-ring (bicyclic) bond motifs is 5. The van der Waals surface area contributed by atoms with Gasteiger partial charge in [0.1, 0.15) is 17.4 Å². The van der Waals surface area contributed by atoms with Gasteiger partial charge in [-0.25, -0.2) is 4.79 Å². The third-order valence-electron chi connectivity index (χ3n) is 11.1. The van der Waals surface area contributed by atoms with E-state index in [2.05, 4.69) is 19.9 Å². The first-order valence-corrected chi connectivity index (χ1v) is 13.5. The lowest BCUT2D eigenvalue weighted by Gasteiger charge is -2.59. The van der Waals surface area contributed by atoms with E-state index in [1.165, 1.54) is 0 Å². The summed E-state index contributed by atoms with van der Waals surface area (Å²) in [6.07, 6.45) is 5.65. The van der Waals surface area contributed by atoms with Crippen LogP contribution < -0.4 is 10.2 Å². The zero-order valence-electron chi connectivity index (χ0n) is 21.1. The second kappa shape index (κ2) is 7.68. The maximum absolute atomic E-state index is 13.8. The van der Waals surface area contributed by atoms with Crippen LogP contribution in [0.2, 0.25) is 0 Å². The van der Waals surface area contributed by atoms with E-state index in [1.807, 2.05) is 0 Å². The molecule has 7 atom stereocenters. The molecule has 36 heavy (non-hydrogen) atoms. The van der Waals surface area contributed by atoms with Gasteiger partial charge < -0.3 is 5.73 Å². The minimum Gasteiger partial charge on any atom is -0.369 e. The number of allylic oxidation sites excluding steroid dienone is 2. The summed E-state index contributed by atoms with van der Waals surface area (Å²) in [7, 11) is 0. The highest BCUT2D eigenvalue weighted by atomic mass is 19.4. The average Bonchev–Trinajstić information content (AvgIpc) is 3.60. The number of hydrogen-bond donors (Lipinski definition) is 1. The van der Waals surface area contributed by atoms with Crippen LogP contribution in [-0.2, 0) is 15.8 Å². The second-order valence-corrected chi connectivity index (χ2v) is 12.6. The number of hydrogen-bond acceptors (Lipinski definition) is 2. The number of primary amides is 1. The van der Waals surface area contributed by atoms with E-state index >= 15 is 0 Å². The van der Waals surface area contributed by atoms with Crippen LogP contribution in [0, 0.1) is 34.5 Å². The van der Waals surface area contributed by atoms with Crippen molar-refractivity contribution >= 4 is 17.5 Å². The Balaban J connectivity index is 1.44. The van der Waals surface area contributed by atoms with Crippen LogP contribution in [0.1, 0.15) is 77.2 Å². The van der Waals surface area contributed by atoms with Crippen LogP contribution in [0.5, 0.6) is 0 Å². The minimum atomic E-state index is -4.40. The fourth-order valence-electron chi connectivity index (χ4n) is 9.32. The standard InChI is InChI=1S/C29H35F3N2O2/c1-27-15-13-22-20(21(27)10-11-23(27)26(33)36)9-12-24-28(22,2)16-14-25(35)34(24,19-7-8-19)18-5-3-17(4-6-18)29(30,31)32/h3-6,12,19-23H,7-11,13-16H2,1-2H3,(H-,33,36)/p+1/t20-,21-,22-,23+,27-,28+,34?/m0/s1. The number of carbonyl (C=O) groups excluding carboxylic acids is 2. The van der Waals surface area contributed by atoms with Crippen molar-refractivity contribution in [3.8, 4) is 0 Å². The summed E-state index contributed by atoms with van der Waals surface area (Å²) >= 11 is 0. The van der Waals surface area contributed by atoms with Gasteiger partial charge in [0.25, 0.3) is 0 Å². The zero-order chi connectivity index (χ0) is 25.7. The topological polar surface area (TPSA) is 60.2 Å². The molecule has 1 aromatic rings. The first kappa shape index (κ1) is 24.2. The van der Waals surface area contributed by atoms with Crippen molar-refractivity contribution in [3.63, 3.8) is 0 Å². The summed E-state index contributed by atoms with van der Waals surface area (Å²) in [4.78, 5) is 26.1. The molecule has 1 heterocycles. The van der Waals surface area contributed by atoms with Crippen molar-refractivity contribution in [1.82, 2.24) is 4.48 Å². The Morgan fingerprint density at radius 3 is 2.31 bits per heavy atom. The molecular weight excluding hydrogens is 465 g/mol. The lowest BCUT2D eigenvalue weighted by Crippen LogP contribution is -2.65. The predicted molar refractivity (Wildman–Crippen MR) is 131 cm³/mol. The van der Waals surface area contributed by atoms with E-state index in [9.17, 15) is 22.8 Å². The van der Waals surface area contributed by atoms with Gasteiger partial charge in [-0.1, -0.05) is 13.8 Å². The van der Waals surface area contributed by atoms with Crippen molar-refractivity contribution in [1.29, 1.82) is 0 Å². The fraction of sp³-hybridized carbons (Fsp3) is 0.655. The summed E-state index contributed by atoms with van der Waals surface area (Å²) in [6.45, 7) is 4.57. The maximum Gasteiger partial charge on any atom is 0.416 e. The summed E-state index contributed by atoms with van der Waals surface area (Å²) in [5, 5.41) is 0. The van der Waals surface area contributed by atoms with Crippen LogP contribution in [0.25, 0.3) is 0 Å². The third kappa shape index (κ3) is 3.10. The number of likely N-dealkylation sites (tertiary alicyclic amines) is 1. The van der Waals surface area contributed by atoms with Crippen molar-refractivity contribution in [2.75, 3.05) is 0 Å². The number of halogens is 3. The molecule has 6 rings (SSSR count). The molecule has 2 N–H and O–H groups in total. The average molecular weight is 502 g/mol. The number of alkyl halides is 3. The second-order valence-electron chi connectivity index (χ2n) is 12.6. The Labute approximate surface area is 210 Å². The number of quaternary nitrogens is 1. The summed E-state index contributed by atoms with van der Waals surface area (Å²) in [5.74, 6) is 1.17. The van der Waals surface area contributed by atoms with E-state index < -0.39 is 11.7 Å². The summed E-state index contributed by atoms with van der Waals surface area (Å²) in [6, 6.07) is 5.47. The van der Waals surface area contributed by atoms with Gasteiger partial charge in [-0.3, -0.25) is 4.79 Å². The molecule has 194 valence electrons. The molecule has 0 radical (unpaired) electrons. The van der Waals surface area contributed by atoms with Crippen LogP contribution in [0.4, 0.5) is 18.9 Å². The lowest BCUT2D eigenvalue weighted by molar-refractivity contribution is -0.139. The highest BCUT2D eigenvalue weighted by Gasteiger charge is 2.67. The molecule has 4 fully saturated rings. The number of amides is 2. The molecule has 4 nitrogen and oxygen atoms in total. The van der Waals surface area contributed by atoms with E-state index in [4.69, 9.17) is 5.73 Å². The van der Waals surface area contributed by atoms with Crippen molar-refractivity contribution < 1.29 is 22.8 Å². The SMILES string of the molecule is C[C@]12CC[C@H]3[C@@H](CC=C4[C@]3(C)CCC(=O)[N+]4(c3ccc(C(F)(F)F)cc3)C3CC3)[C@@H]1CC[C@@H]2C(N)=O. The first-order valence-electron chi connectivity index (χ1n) is 13.5. The Kier molecular flexibility index (Phi) is 5.17.